The first-order valence-electron chi connectivity index (χ1n) is 7.30. The Hall–Kier alpha value is -2.49. The zero-order valence-electron chi connectivity index (χ0n) is 12.5. The van der Waals surface area contributed by atoms with Crippen molar-refractivity contribution in [3.05, 3.63) is 59.7 Å². The van der Waals surface area contributed by atoms with Crippen LogP contribution in [0, 0.1) is 0 Å². The summed E-state index contributed by atoms with van der Waals surface area (Å²) in [4.78, 5) is 11.1. The van der Waals surface area contributed by atoms with Crippen molar-refractivity contribution in [2.45, 2.75) is 18.9 Å². The summed E-state index contributed by atoms with van der Waals surface area (Å²) in [5, 5.41) is 0. The van der Waals surface area contributed by atoms with Gasteiger partial charge in [-0.05, 0) is 30.2 Å². The highest BCUT2D eigenvalue weighted by atomic mass is 16.5. The lowest BCUT2D eigenvalue weighted by Crippen LogP contribution is -2.08. The summed E-state index contributed by atoms with van der Waals surface area (Å²) < 4.78 is 16.2. The highest BCUT2D eigenvalue weighted by Gasteiger charge is 2.25. The number of fused-ring (bicyclic) bond motifs is 1. The van der Waals surface area contributed by atoms with Gasteiger partial charge in [0.15, 0.2) is 6.10 Å². The zero-order chi connectivity index (χ0) is 15.4. The van der Waals surface area contributed by atoms with Gasteiger partial charge in [-0.2, -0.15) is 0 Å². The Labute approximate surface area is 129 Å². The predicted octanol–water partition coefficient (Wildman–Crippen LogP) is 3.30. The van der Waals surface area contributed by atoms with Crippen molar-refractivity contribution in [2.24, 2.45) is 0 Å². The molecule has 0 saturated carbocycles. The van der Waals surface area contributed by atoms with Crippen molar-refractivity contribution in [3.8, 4) is 11.5 Å². The van der Waals surface area contributed by atoms with Gasteiger partial charge in [-0.3, -0.25) is 4.79 Å². The second-order valence-corrected chi connectivity index (χ2v) is 5.18. The summed E-state index contributed by atoms with van der Waals surface area (Å²) in [5.74, 6) is 1.49. The van der Waals surface area contributed by atoms with Crippen molar-refractivity contribution >= 4 is 5.97 Å². The van der Waals surface area contributed by atoms with E-state index in [1.54, 1.807) is 0 Å². The average Bonchev–Trinajstić information content (AvgIpc) is 2.97. The maximum Gasteiger partial charge on any atom is 0.305 e. The predicted molar refractivity (Wildman–Crippen MR) is 82.1 cm³/mol. The molecule has 2 aromatic carbocycles. The van der Waals surface area contributed by atoms with Gasteiger partial charge < -0.3 is 14.2 Å². The summed E-state index contributed by atoms with van der Waals surface area (Å²) >= 11 is 0. The molecule has 0 radical (unpaired) electrons. The molecule has 1 aliphatic heterocycles. The number of hydrogen-bond acceptors (Lipinski definition) is 4. The molecular formula is C18H18O4. The molecule has 1 aliphatic rings. The number of para-hydroxylation sites is 1. The van der Waals surface area contributed by atoms with Gasteiger partial charge in [-0.1, -0.05) is 30.3 Å². The standard InChI is InChI=1S/C18H18O4/c1-20-18(19)11-8-13-6-9-14(10-7-13)22-17-12-21-16-5-3-2-4-15(16)17/h2-7,9-10,17H,8,11-12H2,1H3. The molecule has 0 saturated heterocycles. The third-order valence-electron chi connectivity index (χ3n) is 3.70. The molecular weight excluding hydrogens is 280 g/mol. The van der Waals surface area contributed by atoms with Gasteiger partial charge in [0.1, 0.15) is 18.1 Å². The topological polar surface area (TPSA) is 44.8 Å². The van der Waals surface area contributed by atoms with Crippen molar-refractivity contribution in [3.63, 3.8) is 0 Å². The minimum absolute atomic E-state index is 0.0721. The number of carbonyl (C=O) groups excluding carboxylic acids is 1. The smallest absolute Gasteiger partial charge is 0.305 e. The molecule has 0 N–H and O–H groups in total. The number of hydrogen-bond donors (Lipinski definition) is 0. The maximum atomic E-state index is 11.1. The van der Waals surface area contributed by atoms with E-state index in [2.05, 4.69) is 4.74 Å². The lowest BCUT2D eigenvalue weighted by atomic mass is 10.1. The highest BCUT2D eigenvalue weighted by Crippen LogP contribution is 2.35. The normalized spacial score (nSPS) is 15.8. The quantitative estimate of drug-likeness (QED) is 0.794. The van der Waals surface area contributed by atoms with E-state index in [9.17, 15) is 4.79 Å². The molecule has 22 heavy (non-hydrogen) atoms. The van der Waals surface area contributed by atoms with E-state index in [1.807, 2.05) is 48.5 Å². The Morgan fingerprint density at radius 2 is 1.95 bits per heavy atom. The van der Waals surface area contributed by atoms with Crippen molar-refractivity contribution in [2.75, 3.05) is 13.7 Å². The summed E-state index contributed by atoms with van der Waals surface area (Å²) in [6.07, 6.45) is 0.986. The molecule has 3 rings (SSSR count). The number of aryl methyl sites for hydroxylation is 1. The minimum Gasteiger partial charge on any atom is -0.489 e. The van der Waals surface area contributed by atoms with Crippen LogP contribution < -0.4 is 9.47 Å². The Kier molecular flexibility index (Phi) is 4.28. The summed E-state index contributed by atoms with van der Waals surface area (Å²) in [6.45, 7) is 0.531. The molecule has 2 aromatic rings. The maximum absolute atomic E-state index is 11.1. The fraction of sp³-hybridized carbons (Fsp3) is 0.278. The van der Waals surface area contributed by atoms with Crippen molar-refractivity contribution in [1.29, 1.82) is 0 Å². The van der Waals surface area contributed by atoms with Gasteiger partial charge in [0.25, 0.3) is 0 Å². The number of ether oxygens (including phenoxy) is 3. The molecule has 4 nitrogen and oxygen atoms in total. The van der Waals surface area contributed by atoms with Gasteiger partial charge in [0, 0.05) is 12.0 Å². The van der Waals surface area contributed by atoms with Crippen LogP contribution in [0.1, 0.15) is 23.7 Å². The van der Waals surface area contributed by atoms with Crippen LogP contribution in [-0.4, -0.2) is 19.7 Å². The van der Waals surface area contributed by atoms with Crippen LogP contribution in [-0.2, 0) is 16.0 Å². The van der Waals surface area contributed by atoms with Crippen LogP contribution in [0.25, 0.3) is 0 Å². The molecule has 0 spiro atoms. The molecule has 0 aliphatic carbocycles. The molecule has 114 valence electrons. The van der Waals surface area contributed by atoms with Crippen LogP contribution in [0.5, 0.6) is 11.5 Å². The molecule has 4 heteroatoms. The Morgan fingerprint density at radius 1 is 1.18 bits per heavy atom. The van der Waals surface area contributed by atoms with E-state index in [4.69, 9.17) is 9.47 Å². The van der Waals surface area contributed by atoms with Gasteiger partial charge in [0.2, 0.25) is 0 Å². The van der Waals surface area contributed by atoms with E-state index in [0.29, 0.717) is 19.4 Å². The number of esters is 1. The van der Waals surface area contributed by atoms with Crippen LogP contribution in [0.3, 0.4) is 0 Å². The third-order valence-corrected chi connectivity index (χ3v) is 3.70. The lowest BCUT2D eigenvalue weighted by Gasteiger charge is -2.13. The molecule has 0 fully saturated rings. The van der Waals surface area contributed by atoms with E-state index in [0.717, 1.165) is 22.6 Å². The van der Waals surface area contributed by atoms with E-state index in [-0.39, 0.29) is 12.1 Å². The largest absolute Gasteiger partial charge is 0.489 e. The first-order valence-corrected chi connectivity index (χ1v) is 7.30. The summed E-state index contributed by atoms with van der Waals surface area (Å²) in [6, 6.07) is 15.7. The molecule has 0 amide bonds. The van der Waals surface area contributed by atoms with Crippen LogP contribution in [0.4, 0.5) is 0 Å². The molecule has 1 atom stereocenters. The van der Waals surface area contributed by atoms with Gasteiger partial charge in [-0.15, -0.1) is 0 Å². The third kappa shape index (κ3) is 3.22. The van der Waals surface area contributed by atoms with Crippen molar-refractivity contribution < 1.29 is 19.0 Å². The number of carbonyl (C=O) groups is 1. The van der Waals surface area contributed by atoms with Crippen LogP contribution in [0.2, 0.25) is 0 Å². The average molecular weight is 298 g/mol. The molecule has 1 heterocycles. The monoisotopic (exact) mass is 298 g/mol. The number of methoxy groups -OCH3 is 1. The number of benzene rings is 2. The first kappa shape index (κ1) is 14.4. The summed E-state index contributed by atoms with van der Waals surface area (Å²) in [5.41, 5.74) is 2.16. The fourth-order valence-electron chi connectivity index (χ4n) is 2.48. The Bertz CT molecular complexity index is 648. The van der Waals surface area contributed by atoms with Gasteiger partial charge in [0.05, 0.1) is 7.11 Å². The fourth-order valence-corrected chi connectivity index (χ4v) is 2.48. The van der Waals surface area contributed by atoms with Gasteiger partial charge >= 0.3 is 5.97 Å². The SMILES string of the molecule is COC(=O)CCc1ccc(OC2COc3ccccc32)cc1. The second kappa shape index (κ2) is 6.52. The molecule has 0 bridgehead atoms. The number of rotatable bonds is 5. The van der Waals surface area contributed by atoms with Crippen molar-refractivity contribution in [1.82, 2.24) is 0 Å². The van der Waals surface area contributed by atoms with E-state index >= 15 is 0 Å². The van der Waals surface area contributed by atoms with Crippen LogP contribution >= 0.6 is 0 Å². The lowest BCUT2D eigenvalue weighted by molar-refractivity contribution is -0.140. The highest BCUT2D eigenvalue weighted by molar-refractivity contribution is 5.69. The van der Waals surface area contributed by atoms with Gasteiger partial charge in [-0.25, -0.2) is 0 Å². The molecule has 1 unspecified atom stereocenters. The van der Waals surface area contributed by atoms with Crippen LogP contribution in [0.15, 0.2) is 48.5 Å². The van der Waals surface area contributed by atoms with E-state index < -0.39 is 0 Å². The zero-order valence-corrected chi connectivity index (χ0v) is 12.5. The first-order chi connectivity index (χ1) is 10.8. The Balaban J connectivity index is 1.61. The molecule has 0 aromatic heterocycles. The Morgan fingerprint density at radius 3 is 2.73 bits per heavy atom. The second-order valence-electron chi connectivity index (χ2n) is 5.18. The minimum atomic E-state index is -0.194. The van der Waals surface area contributed by atoms with E-state index in [1.165, 1.54) is 7.11 Å². The summed E-state index contributed by atoms with van der Waals surface area (Å²) in [7, 11) is 1.40.